The average Bonchev–Trinajstić information content (AvgIpc) is 2.70. The predicted molar refractivity (Wildman–Crippen MR) is 122 cm³/mol. The van der Waals surface area contributed by atoms with Gasteiger partial charge in [0.1, 0.15) is 6.07 Å². The van der Waals surface area contributed by atoms with Crippen LogP contribution in [0.15, 0.2) is 34.1 Å². The Balaban J connectivity index is 0.000000331. The molecule has 0 unspecified atom stereocenters. The molecular weight excluding hydrogens is 494 g/mol. The van der Waals surface area contributed by atoms with Gasteiger partial charge >= 0.3 is 11.9 Å². The van der Waals surface area contributed by atoms with Gasteiger partial charge in [-0.25, -0.2) is 26.4 Å². The van der Waals surface area contributed by atoms with Crippen molar-refractivity contribution in [3.05, 3.63) is 57.1 Å². The summed E-state index contributed by atoms with van der Waals surface area (Å²) in [6.45, 7) is 3.52. The van der Waals surface area contributed by atoms with Crippen molar-refractivity contribution < 1.29 is 36.6 Å². The Morgan fingerprint density at radius 3 is 1.58 bits per heavy atom. The molecule has 0 heterocycles. The van der Waals surface area contributed by atoms with Gasteiger partial charge in [-0.15, -0.1) is 0 Å². The van der Waals surface area contributed by atoms with Gasteiger partial charge in [-0.1, -0.05) is 25.4 Å². The molecule has 2 N–H and O–H groups in total. The van der Waals surface area contributed by atoms with E-state index in [-0.39, 0.29) is 31.5 Å². The van der Waals surface area contributed by atoms with Crippen molar-refractivity contribution in [3.8, 4) is 6.07 Å². The third-order valence-electron chi connectivity index (χ3n) is 4.51. The summed E-state index contributed by atoms with van der Waals surface area (Å²) < 4.78 is 45.6. The van der Waals surface area contributed by atoms with Crippen molar-refractivity contribution in [1.29, 1.82) is 5.26 Å². The molecule has 0 aliphatic heterocycles. The summed E-state index contributed by atoms with van der Waals surface area (Å²) >= 11 is 5.80. The van der Waals surface area contributed by atoms with Gasteiger partial charge in [0, 0.05) is 12.5 Å². The van der Waals surface area contributed by atoms with Crippen LogP contribution in [0.2, 0.25) is 5.02 Å². The van der Waals surface area contributed by atoms with E-state index in [4.69, 9.17) is 27.1 Å². The van der Waals surface area contributed by atoms with E-state index in [1.807, 2.05) is 0 Å². The monoisotopic (exact) mass is 515 g/mol. The lowest BCUT2D eigenvalue weighted by Gasteiger charge is -2.08. The van der Waals surface area contributed by atoms with Crippen molar-refractivity contribution in [2.24, 2.45) is 0 Å². The number of hydrogen-bond donors (Lipinski definition) is 2. The fourth-order valence-corrected chi connectivity index (χ4v) is 5.07. The maximum absolute atomic E-state index is 11.4. The van der Waals surface area contributed by atoms with Gasteiger partial charge in [-0.3, -0.25) is 0 Å². The number of carbonyl (C=O) groups is 2. The number of aromatic carboxylic acids is 2. The van der Waals surface area contributed by atoms with E-state index in [1.54, 1.807) is 19.9 Å². The molecule has 0 bridgehead atoms. The Morgan fingerprint density at radius 2 is 1.24 bits per heavy atom. The number of sulfone groups is 2. The van der Waals surface area contributed by atoms with Crippen molar-refractivity contribution >= 4 is 43.2 Å². The molecule has 2 rings (SSSR count). The number of nitriles is 1. The minimum atomic E-state index is -3.61. The summed E-state index contributed by atoms with van der Waals surface area (Å²) in [7, 11) is -7.12. The molecule has 0 aromatic heterocycles. The van der Waals surface area contributed by atoms with E-state index in [1.165, 1.54) is 12.1 Å². The molecule has 0 saturated heterocycles. The lowest BCUT2D eigenvalue weighted by Crippen LogP contribution is -2.08. The van der Waals surface area contributed by atoms with Gasteiger partial charge in [0.25, 0.3) is 0 Å². The van der Waals surface area contributed by atoms with E-state index < -0.39 is 31.6 Å². The second-order valence-electron chi connectivity index (χ2n) is 6.92. The first-order valence-corrected chi connectivity index (χ1v) is 13.5. The van der Waals surface area contributed by atoms with Gasteiger partial charge in [-0.2, -0.15) is 5.26 Å². The molecular formula is C21H22ClNO8S2. The first kappa shape index (κ1) is 28.1. The predicted octanol–water partition coefficient (Wildman–Crippen LogP) is 3.23. The zero-order valence-electron chi connectivity index (χ0n) is 18.2. The fourth-order valence-electron chi connectivity index (χ4n) is 2.88. The molecule has 0 atom stereocenters. The number of rotatable bonds is 6. The zero-order valence-corrected chi connectivity index (χ0v) is 20.6. The summed E-state index contributed by atoms with van der Waals surface area (Å²) in [5.41, 5.74) is 0.847. The number of carboxylic acid groups (broad SMARTS) is 2. The summed E-state index contributed by atoms with van der Waals surface area (Å²) in [6, 6.07) is 6.64. The topological polar surface area (TPSA) is 167 Å². The maximum Gasteiger partial charge on any atom is 0.336 e. The number of benzene rings is 2. The van der Waals surface area contributed by atoms with Crippen molar-refractivity contribution in [1.82, 2.24) is 0 Å². The van der Waals surface area contributed by atoms with Crippen LogP contribution in [-0.4, -0.2) is 51.5 Å². The molecule has 9 nitrogen and oxygen atoms in total. The van der Waals surface area contributed by atoms with Crippen LogP contribution < -0.4 is 0 Å². The molecule has 33 heavy (non-hydrogen) atoms. The number of nitrogens with zero attached hydrogens (tertiary/aromatic N) is 1. The lowest BCUT2D eigenvalue weighted by atomic mass is 10.0. The van der Waals surface area contributed by atoms with Gasteiger partial charge in [-0.05, 0) is 48.2 Å². The molecule has 0 fully saturated rings. The van der Waals surface area contributed by atoms with Gasteiger partial charge in [0.15, 0.2) is 19.7 Å². The largest absolute Gasteiger partial charge is 0.478 e. The van der Waals surface area contributed by atoms with Crippen LogP contribution in [0, 0.1) is 11.3 Å². The minimum absolute atomic E-state index is 0.0191. The molecule has 0 aliphatic carbocycles. The van der Waals surface area contributed by atoms with E-state index in [0.29, 0.717) is 24.0 Å². The smallest absolute Gasteiger partial charge is 0.336 e. The lowest BCUT2D eigenvalue weighted by molar-refractivity contribution is 0.0684. The molecule has 0 spiro atoms. The quantitative estimate of drug-likeness (QED) is 0.586. The van der Waals surface area contributed by atoms with Crippen LogP contribution in [-0.2, 0) is 32.5 Å². The fraction of sp³-hybridized carbons (Fsp3) is 0.286. The Kier molecular flexibility index (Phi) is 9.18. The summed E-state index contributed by atoms with van der Waals surface area (Å²) in [5, 5.41) is 26.8. The number of carboxylic acids is 2. The van der Waals surface area contributed by atoms with E-state index in [2.05, 4.69) is 0 Å². The highest BCUT2D eigenvalue weighted by Gasteiger charge is 2.20. The molecule has 0 amide bonds. The van der Waals surface area contributed by atoms with E-state index in [0.717, 1.165) is 24.6 Å². The Hall–Kier alpha value is -2.94. The second-order valence-corrected chi connectivity index (χ2v) is 11.3. The summed E-state index contributed by atoms with van der Waals surface area (Å²) in [6.07, 6.45) is 2.83. The van der Waals surface area contributed by atoms with Crippen LogP contribution in [0.3, 0.4) is 0 Å². The standard InChI is InChI=1S/C11H11NO4S.C10H11ClO4S/c1-3-7-4-8(6-12)10(17(2,15)16)5-9(7)11(13)14;1-3-6-4-8(11)9(16(2,14)15)5-7(6)10(12)13/h4-5H,3H2,1-2H3,(H,13,14);4-5H,3H2,1-2H3,(H,12,13). The van der Waals surface area contributed by atoms with E-state index >= 15 is 0 Å². The summed E-state index contributed by atoms with van der Waals surface area (Å²) in [4.78, 5) is 21.5. The summed E-state index contributed by atoms with van der Waals surface area (Å²) in [5.74, 6) is -2.35. The van der Waals surface area contributed by atoms with Crippen molar-refractivity contribution in [2.45, 2.75) is 36.5 Å². The average molecular weight is 516 g/mol. The Bertz CT molecular complexity index is 1360. The molecule has 2 aromatic rings. The SMILES string of the molecule is CCc1cc(C#N)c(S(C)(=O)=O)cc1C(=O)O.CCc1cc(Cl)c(S(C)(=O)=O)cc1C(=O)O. The van der Waals surface area contributed by atoms with Crippen molar-refractivity contribution in [3.63, 3.8) is 0 Å². The third kappa shape index (κ3) is 7.02. The molecule has 0 aliphatic rings. The van der Waals surface area contributed by atoms with Crippen LogP contribution in [0.4, 0.5) is 0 Å². The molecule has 12 heteroatoms. The van der Waals surface area contributed by atoms with Crippen LogP contribution in [0.25, 0.3) is 0 Å². The minimum Gasteiger partial charge on any atom is -0.478 e. The van der Waals surface area contributed by atoms with Gasteiger partial charge < -0.3 is 10.2 Å². The van der Waals surface area contributed by atoms with Crippen LogP contribution >= 0.6 is 11.6 Å². The van der Waals surface area contributed by atoms with Crippen LogP contribution in [0.1, 0.15) is 51.3 Å². The number of halogens is 1. The molecule has 0 saturated carbocycles. The first-order chi connectivity index (χ1) is 15.1. The van der Waals surface area contributed by atoms with E-state index in [9.17, 15) is 26.4 Å². The first-order valence-electron chi connectivity index (χ1n) is 9.34. The molecule has 0 radical (unpaired) electrons. The maximum atomic E-state index is 11.4. The van der Waals surface area contributed by atoms with Gasteiger partial charge in [0.2, 0.25) is 0 Å². The molecule has 2 aromatic carbocycles. The van der Waals surface area contributed by atoms with Gasteiger partial charge in [0.05, 0.1) is 31.5 Å². The zero-order chi connectivity index (χ0) is 25.7. The highest BCUT2D eigenvalue weighted by Crippen LogP contribution is 2.26. The third-order valence-corrected chi connectivity index (χ3v) is 7.20. The van der Waals surface area contributed by atoms with Crippen molar-refractivity contribution in [2.75, 3.05) is 12.5 Å². The highest BCUT2D eigenvalue weighted by molar-refractivity contribution is 7.91. The highest BCUT2D eigenvalue weighted by atomic mass is 35.5. The number of hydrogen-bond acceptors (Lipinski definition) is 7. The normalized spacial score (nSPS) is 11.2. The van der Waals surface area contributed by atoms with Crippen LogP contribution in [0.5, 0.6) is 0 Å². The second kappa shape index (κ2) is 10.8. The molecule has 178 valence electrons. The Labute approximate surface area is 197 Å². The number of aryl methyl sites for hydroxylation is 2. The Morgan fingerprint density at radius 1 is 0.848 bits per heavy atom.